The molecule has 10 heteroatoms. The van der Waals surface area contributed by atoms with Crippen LogP contribution in [0.4, 0.5) is 11.4 Å². The molecule has 1 aliphatic heterocycles. The van der Waals surface area contributed by atoms with Crippen LogP contribution in [0, 0.1) is 5.41 Å². The molecule has 0 bridgehead atoms. The zero-order chi connectivity index (χ0) is 30.3. The van der Waals surface area contributed by atoms with E-state index < -0.39 is 17.9 Å². The maximum atomic E-state index is 13.3. The Morgan fingerprint density at radius 1 is 0.929 bits per heavy atom. The summed E-state index contributed by atoms with van der Waals surface area (Å²) in [6.07, 6.45) is 3.07. The highest BCUT2D eigenvalue weighted by Crippen LogP contribution is 2.30. The number of nitrogens with one attached hydrogen (secondary N) is 2. The summed E-state index contributed by atoms with van der Waals surface area (Å²) in [5, 5.41) is 15.2. The monoisotopic (exact) mass is 571 g/mol. The standard InChI is InChI=1S/C32H37N5O5/c1-32(2,3)20-28(38)34-26-18-23(30(41)35-25(19-29(39)40)24-10-7-13-33-21-24)11-12-27(26)36-14-16-37(17-15-36)31(42)22-8-5-4-6-9-22/h4-13,18,21,25H,14-17,19-20H2,1-3H3,(H,34,38)(H,35,41)(H,39,40). The van der Waals surface area contributed by atoms with Crippen molar-refractivity contribution >= 4 is 35.1 Å². The van der Waals surface area contributed by atoms with Gasteiger partial charge in [-0.1, -0.05) is 45.0 Å². The molecule has 2 aromatic carbocycles. The van der Waals surface area contributed by atoms with Gasteiger partial charge in [-0.2, -0.15) is 0 Å². The molecule has 1 saturated heterocycles. The van der Waals surface area contributed by atoms with E-state index in [0.29, 0.717) is 43.0 Å². The number of amides is 3. The van der Waals surface area contributed by atoms with Gasteiger partial charge in [-0.25, -0.2) is 0 Å². The van der Waals surface area contributed by atoms with Gasteiger partial charge in [0, 0.05) is 56.1 Å². The molecule has 42 heavy (non-hydrogen) atoms. The first kappa shape index (κ1) is 30.2. The van der Waals surface area contributed by atoms with E-state index in [1.807, 2.05) is 43.9 Å². The van der Waals surface area contributed by atoms with Gasteiger partial charge in [0.05, 0.1) is 23.8 Å². The number of carboxylic acid groups (broad SMARTS) is 1. The summed E-state index contributed by atoms with van der Waals surface area (Å²) in [7, 11) is 0. The number of carbonyl (C=O) groups excluding carboxylic acids is 3. The summed E-state index contributed by atoms with van der Waals surface area (Å²) in [5.74, 6) is -1.73. The molecule has 3 amide bonds. The molecule has 1 unspecified atom stereocenters. The predicted octanol–water partition coefficient (Wildman–Crippen LogP) is 4.36. The summed E-state index contributed by atoms with van der Waals surface area (Å²) in [6, 6.07) is 16.8. The Bertz CT molecular complexity index is 1410. The van der Waals surface area contributed by atoms with E-state index >= 15 is 0 Å². The van der Waals surface area contributed by atoms with Crippen molar-refractivity contribution in [2.75, 3.05) is 36.4 Å². The minimum absolute atomic E-state index is 0.0227. The number of hydrogen-bond donors (Lipinski definition) is 3. The number of aromatic nitrogens is 1. The van der Waals surface area contributed by atoms with Gasteiger partial charge in [-0.3, -0.25) is 24.2 Å². The summed E-state index contributed by atoms with van der Waals surface area (Å²) in [5.41, 5.74) is 2.49. The zero-order valence-electron chi connectivity index (χ0n) is 24.2. The molecule has 4 rings (SSSR count). The van der Waals surface area contributed by atoms with E-state index in [0.717, 1.165) is 5.69 Å². The van der Waals surface area contributed by atoms with E-state index in [2.05, 4.69) is 20.5 Å². The molecule has 220 valence electrons. The Balaban J connectivity index is 1.55. The van der Waals surface area contributed by atoms with Crippen molar-refractivity contribution in [1.82, 2.24) is 15.2 Å². The van der Waals surface area contributed by atoms with Crippen molar-refractivity contribution in [1.29, 1.82) is 0 Å². The fraction of sp³-hybridized carbons (Fsp3) is 0.344. The minimum atomic E-state index is -1.06. The van der Waals surface area contributed by atoms with Gasteiger partial charge in [0.15, 0.2) is 0 Å². The average molecular weight is 572 g/mol. The highest BCUT2D eigenvalue weighted by atomic mass is 16.4. The molecule has 0 spiro atoms. The van der Waals surface area contributed by atoms with Crippen molar-refractivity contribution in [3.8, 4) is 0 Å². The molecule has 0 radical (unpaired) electrons. The first-order valence-corrected chi connectivity index (χ1v) is 14.0. The van der Waals surface area contributed by atoms with E-state index in [9.17, 15) is 24.3 Å². The second-order valence-electron chi connectivity index (χ2n) is 11.6. The largest absolute Gasteiger partial charge is 0.481 e. The van der Waals surface area contributed by atoms with E-state index in [1.54, 1.807) is 48.7 Å². The third-order valence-electron chi connectivity index (χ3n) is 6.92. The third kappa shape index (κ3) is 8.15. The van der Waals surface area contributed by atoms with Crippen LogP contribution in [0.1, 0.15) is 65.9 Å². The molecule has 3 aromatic rings. The average Bonchev–Trinajstić information content (AvgIpc) is 2.96. The SMILES string of the molecule is CC(C)(C)CC(=O)Nc1cc(C(=O)NC(CC(=O)O)c2cccnc2)ccc1N1CCN(C(=O)c2ccccc2)CC1. The Morgan fingerprint density at radius 2 is 1.64 bits per heavy atom. The Labute approximate surface area is 245 Å². The lowest BCUT2D eigenvalue weighted by Gasteiger charge is -2.37. The van der Waals surface area contributed by atoms with Gasteiger partial charge in [0.2, 0.25) is 5.91 Å². The molecule has 1 aliphatic rings. The summed E-state index contributed by atoms with van der Waals surface area (Å²) < 4.78 is 0. The molecular weight excluding hydrogens is 534 g/mol. The second-order valence-corrected chi connectivity index (χ2v) is 11.6. The number of rotatable bonds is 9. The van der Waals surface area contributed by atoms with Crippen LogP contribution in [0.2, 0.25) is 0 Å². The van der Waals surface area contributed by atoms with E-state index in [4.69, 9.17) is 0 Å². The highest BCUT2D eigenvalue weighted by Gasteiger charge is 2.26. The van der Waals surface area contributed by atoms with Gasteiger partial charge in [-0.15, -0.1) is 0 Å². The number of carbonyl (C=O) groups is 4. The molecule has 1 atom stereocenters. The van der Waals surface area contributed by atoms with Crippen molar-refractivity contribution < 1.29 is 24.3 Å². The van der Waals surface area contributed by atoms with Crippen LogP contribution < -0.4 is 15.5 Å². The van der Waals surface area contributed by atoms with E-state index in [1.165, 1.54) is 6.20 Å². The maximum Gasteiger partial charge on any atom is 0.305 e. The van der Waals surface area contributed by atoms with Crippen LogP contribution in [-0.2, 0) is 9.59 Å². The number of aliphatic carboxylic acids is 1. The maximum absolute atomic E-state index is 13.3. The number of pyridine rings is 1. The fourth-order valence-electron chi connectivity index (χ4n) is 4.89. The molecule has 1 fully saturated rings. The lowest BCUT2D eigenvalue weighted by molar-refractivity contribution is -0.137. The van der Waals surface area contributed by atoms with Gasteiger partial charge in [-0.05, 0) is 47.4 Å². The smallest absolute Gasteiger partial charge is 0.305 e. The van der Waals surface area contributed by atoms with Crippen molar-refractivity contribution in [3.05, 3.63) is 89.7 Å². The number of nitrogens with zero attached hydrogens (tertiary/aromatic N) is 3. The number of hydrogen-bond acceptors (Lipinski definition) is 6. The Kier molecular flexibility index (Phi) is 9.57. The predicted molar refractivity (Wildman–Crippen MR) is 160 cm³/mol. The lowest BCUT2D eigenvalue weighted by Crippen LogP contribution is -2.49. The van der Waals surface area contributed by atoms with Crippen molar-refractivity contribution in [2.24, 2.45) is 5.41 Å². The minimum Gasteiger partial charge on any atom is -0.481 e. The van der Waals surface area contributed by atoms with Crippen LogP contribution in [0.3, 0.4) is 0 Å². The highest BCUT2D eigenvalue weighted by molar-refractivity contribution is 6.00. The van der Waals surface area contributed by atoms with Crippen molar-refractivity contribution in [2.45, 2.75) is 39.7 Å². The third-order valence-corrected chi connectivity index (χ3v) is 6.92. The van der Waals surface area contributed by atoms with Crippen LogP contribution >= 0.6 is 0 Å². The van der Waals surface area contributed by atoms with Gasteiger partial charge >= 0.3 is 5.97 Å². The molecular formula is C32H37N5O5. The fourth-order valence-corrected chi connectivity index (χ4v) is 4.89. The molecule has 0 saturated carbocycles. The summed E-state index contributed by atoms with van der Waals surface area (Å²) >= 11 is 0. The Hall–Kier alpha value is -4.73. The normalized spacial score (nSPS) is 14.2. The topological polar surface area (TPSA) is 132 Å². The van der Waals surface area contributed by atoms with Gasteiger partial charge in [0.25, 0.3) is 11.8 Å². The molecule has 0 aliphatic carbocycles. The zero-order valence-corrected chi connectivity index (χ0v) is 24.2. The van der Waals surface area contributed by atoms with Crippen LogP contribution in [0.25, 0.3) is 0 Å². The first-order valence-electron chi connectivity index (χ1n) is 14.0. The lowest BCUT2D eigenvalue weighted by atomic mass is 9.92. The second kappa shape index (κ2) is 13.3. The molecule has 2 heterocycles. The van der Waals surface area contributed by atoms with Crippen LogP contribution in [-0.4, -0.2) is 64.9 Å². The number of carboxylic acids is 1. The molecule has 3 N–H and O–H groups in total. The number of piperazine rings is 1. The van der Waals surface area contributed by atoms with Gasteiger partial charge in [0.1, 0.15) is 0 Å². The van der Waals surface area contributed by atoms with E-state index in [-0.39, 0.29) is 35.6 Å². The number of anilines is 2. The summed E-state index contributed by atoms with van der Waals surface area (Å²) in [6.45, 7) is 8.03. The van der Waals surface area contributed by atoms with Crippen LogP contribution in [0.5, 0.6) is 0 Å². The number of benzene rings is 2. The Morgan fingerprint density at radius 3 is 2.26 bits per heavy atom. The van der Waals surface area contributed by atoms with Crippen LogP contribution in [0.15, 0.2) is 73.1 Å². The quantitative estimate of drug-likeness (QED) is 0.348. The van der Waals surface area contributed by atoms with Crippen molar-refractivity contribution in [3.63, 3.8) is 0 Å². The summed E-state index contributed by atoms with van der Waals surface area (Å²) in [4.78, 5) is 58.7. The molecule has 1 aromatic heterocycles. The molecule has 10 nitrogen and oxygen atoms in total. The van der Waals surface area contributed by atoms with Gasteiger partial charge < -0.3 is 25.5 Å². The first-order chi connectivity index (χ1) is 20.0.